The summed E-state index contributed by atoms with van der Waals surface area (Å²) in [5.41, 5.74) is 1.96. The molecule has 6 nitrogen and oxygen atoms in total. The standard InChI is InChI=1S/C17H24N4O2/c1-19-9-11-20(12-10-19)15-6-4-14(5-7-15)18-16(22)13-21-8-2-3-17(21)23/h4-7H,2-3,8-13H2,1H3,(H,18,22). The van der Waals surface area contributed by atoms with Gasteiger partial charge in [0, 0.05) is 50.5 Å². The zero-order chi connectivity index (χ0) is 16.2. The summed E-state index contributed by atoms with van der Waals surface area (Å²) in [6, 6.07) is 7.94. The maximum absolute atomic E-state index is 12.0. The van der Waals surface area contributed by atoms with Crippen molar-refractivity contribution in [2.75, 3.05) is 56.5 Å². The van der Waals surface area contributed by atoms with Crippen molar-refractivity contribution in [1.82, 2.24) is 9.80 Å². The van der Waals surface area contributed by atoms with E-state index in [4.69, 9.17) is 0 Å². The summed E-state index contributed by atoms with van der Waals surface area (Å²) in [5, 5.41) is 2.87. The Morgan fingerprint density at radius 2 is 1.78 bits per heavy atom. The number of anilines is 2. The van der Waals surface area contributed by atoms with Gasteiger partial charge in [-0.05, 0) is 37.7 Å². The van der Waals surface area contributed by atoms with E-state index in [9.17, 15) is 9.59 Å². The number of piperazine rings is 1. The molecular weight excluding hydrogens is 292 g/mol. The lowest BCUT2D eigenvalue weighted by Gasteiger charge is -2.34. The number of nitrogens with zero attached hydrogens (tertiary/aromatic N) is 3. The van der Waals surface area contributed by atoms with Crippen LogP contribution in [0, 0.1) is 0 Å². The summed E-state index contributed by atoms with van der Waals surface area (Å²) in [5.74, 6) is -0.0573. The third-order valence-corrected chi connectivity index (χ3v) is 4.53. The van der Waals surface area contributed by atoms with E-state index in [1.165, 1.54) is 5.69 Å². The number of likely N-dealkylation sites (N-methyl/N-ethyl adjacent to an activating group) is 1. The Bertz CT molecular complexity index is 564. The van der Waals surface area contributed by atoms with E-state index in [0.29, 0.717) is 13.0 Å². The third-order valence-electron chi connectivity index (χ3n) is 4.53. The number of amides is 2. The normalized spacial score (nSPS) is 19.3. The minimum absolute atomic E-state index is 0.0746. The Balaban J connectivity index is 1.53. The zero-order valence-electron chi connectivity index (χ0n) is 13.6. The second-order valence-electron chi connectivity index (χ2n) is 6.30. The average molecular weight is 316 g/mol. The highest BCUT2D eigenvalue weighted by Crippen LogP contribution is 2.19. The molecule has 0 bridgehead atoms. The fourth-order valence-corrected chi connectivity index (χ4v) is 3.07. The van der Waals surface area contributed by atoms with Crippen molar-refractivity contribution >= 4 is 23.2 Å². The molecule has 0 spiro atoms. The Kier molecular flexibility index (Phi) is 4.81. The Morgan fingerprint density at radius 3 is 2.39 bits per heavy atom. The molecule has 1 aromatic rings. The largest absolute Gasteiger partial charge is 0.369 e. The minimum atomic E-state index is -0.132. The molecule has 1 N–H and O–H groups in total. The van der Waals surface area contributed by atoms with Gasteiger partial charge in [0.05, 0.1) is 6.54 Å². The van der Waals surface area contributed by atoms with Crippen LogP contribution < -0.4 is 10.2 Å². The SMILES string of the molecule is CN1CCN(c2ccc(NC(=O)CN3CCCC3=O)cc2)CC1. The van der Waals surface area contributed by atoms with E-state index >= 15 is 0 Å². The van der Waals surface area contributed by atoms with E-state index in [-0.39, 0.29) is 18.4 Å². The molecule has 2 fully saturated rings. The molecule has 1 aromatic carbocycles. The van der Waals surface area contributed by atoms with Gasteiger partial charge in [0.25, 0.3) is 0 Å². The molecule has 0 aliphatic carbocycles. The fraction of sp³-hybridized carbons (Fsp3) is 0.529. The summed E-state index contributed by atoms with van der Waals surface area (Å²) in [4.78, 5) is 29.9. The van der Waals surface area contributed by atoms with Crippen LogP contribution in [0.15, 0.2) is 24.3 Å². The predicted octanol–water partition coefficient (Wildman–Crippen LogP) is 0.999. The molecule has 0 atom stereocenters. The van der Waals surface area contributed by atoms with Crippen molar-refractivity contribution in [3.05, 3.63) is 24.3 Å². The van der Waals surface area contributed by atoms with Gasteiger partial charge in [0.15, 0.2) is 0 Å². The van der Waals surface area contributed by atoms with Crippen LogP contribution in [0.2, 0.25) is 0 Å². The lowest BCUT2D eigenvalue weighted by molar-refractivity contribution is -0.131. The van der Waals surface area contributed by atoms with E-state index in [0.717, 1.165) is 38.3 Å². The molecule has 23 heavy (non-hydrogen) atoms. The molecule has 0 radical (unpaired) electrons. The number of rotatable bonds is 4. The molecule has 2 aliphatic heterocycles. The maximum atomic E-state index is 12.0. The molecule has 2 aliphatic rings. The Labute approximate surface area is 137 Å². The first kappa shape index (κ1) is 15.8. The number of carbonyl (C=O) groups excluding carboxylic acids is 2. The predicted molar refractivity (Wildman–Crippen MR) is 90.6 cm³/mol. The van der Waals surface area contributed by atoms with Crippen LogP contribution in [0.25, 0.3) is 0 Å². The van der Waals surface area contributed by atoms with E-state index in [1.54, 1.807) is 4.90 Å². The van der Waals surface area contributed by atoms with Gasteiger partial charge in [-0.3, -0.25) is 9.59 Å². The summed E-state index contributed by atoms with van der Waals surface area (Å²) in [7, 11) is 2.14. The Hall–Kier alpha value is -2.08. The molecule has 124 valence electrons. The summed E-state index contributed by atoms with van der Waals surface area (Å²) in [6.45, 7) is 5.04. The summed E-state index contributed by atoms with van der Waals surface area (Å²) in [6.07, 6.45) is 1.42. The highest BCUT2D eigenvalue weighted by Gasteiger charge is 2.22. The van der Waals surface area contributed by atoms with Crippen molar-refractivity contribution in [2.45, 2.75) is 12.8 Å². The molecule has 0 unspecified atom stereocenters. The van der Waals surface area contributed by atoms with Gasteiger partial charge < -0.3 is 20.0 Å². The molecule has 0 aromatic heterocycles. The van der Waals surface area contributed by atoms with Gasteiger partial charge in [0.2, 0.25) is 11.8 Å². The number of likely N-dealkylation sites (tertiary alicyclic amines) is 1. The van der Waals surface area contributed by atoms with E-state index in [2.05, 4.69) is 22.2 Å². The summed E-state index contributed by atoms with van der Waals surface area (Å²) < 4.78 is 0. The highest BCUT2D eigenvalue weighted by atomic mass is 16.2. The van der Waals surface area contributed by atoms with Gasteiger partial charge in [0.1, 0.15) is 0 Å². The van der Waals surface area contributed by atoms with Gasteiger partial charge in [-0.2, -0.15) is 0 Å². The topological polar surface area (TPSA) is 55.9 Å². The average Bonchev–Trinajstić information content (AvgIpc) is 2.94. The molecular formula is C17H24N4O2. The number of hydrogen-bond acceptors (Lipinski definition) is 4. The van der Waals surface area contributed by atoms with Gasteiger partial charge in [-0.25, -0.2) is 0 Å². The molecule has 2 heterocycles. The maximum Gasteiger partial charge on any atom is 0.243 e. The first-order chi connectivity index (χ1) is 11.1. The van der Waals surface area contributed by atoms with Crippen LogP contribution in [0.5, 0.6) is 0 Å². The van der Waals surface area contributed by atoms with Crippen LogP contribution in [-0.4, -0.2) is 67.9 Å². The van der Waals surface area contributed by atoms with Crippen molar-refractivity contribution in [1.29, 1.82) is 0 Å². The van der Waals surface area contributed by atoms with Gasteiger partial charge >= 0.3 is 0 Å². The number of carbonyl (C=O) groups is 2. The highest BCUT2D eigenvalue weighted by molar-refractivity contribution is 5.95. The van der Waals surface area contributed by atoms with Crippen LogP contribution in [0.1, 0.15) is 12.8 Å². The first-order valence-electron chi connectivity index (χ1n) is 8.23. The van der Waals surface area contributed by atoms with Crippen LogP contribution in [0.4, 0.5) is 11.4 Å². The lowest BCUT2D eigenvalue weighted by atomic mass is 10.2. The van der Waals surface area contributed by atoms with E-state index in [1.807, 2.05) is 24.3 Å². The molecule has 6 heteroatoms. The van der Waals surface area contributed by atoms with E-state index < -0.39 is 0 Å². The molecule has 2 saturated heterocycles. The lowest BCUT2D eigenvalue weighted by Crippen LogP contribution is -2.44. The number of benzene rings is 1. The summed E-state index contributed by atoms with van der Waals surface area (Å²) >= 11 is 0. The van der Waals surface area contributed by atoms with Crippen molar-refractivity contribution in [2.24, 2.45) is 0 Å². The zero-order valence-corrected chi connectivity index (χ0v) is 13.6. The van der Waals surface area contributed by atoms with Crippen molar-refractivity contribution < 1.29 is 9.59 Å². The minimum Gasteiger partial charge on any atom is -0.369 e. The molecule has 2 amide bonds. The van der Waals surface area contributed by atoms with Gasteiger partial charge in [-0.1, -0.05) is 0 Å². The molecule has 0 saturated carbocycles. The smallest absolute Gasteiger partial charge is 0.243 e. The third kappa shape index (κ3) is 4.01. The van der Waals surface area contributed by atoms with Crippen LogP contribution >= 0.6 is 0 Å². The second kappa shape index (κ2) is 7.00. The van der Waals surface area contributed by atoms with Gasteiger partial charge in [-0.15, -0.1) is 0 Å². The van der Waals surface area contributed by atoms with Crippen LogP contribution in [0.3, 0.4) is 0 Å². The quantitative estimate of drug-likeness (QED) is 0.900. The Morgan fingerprint density at radius 1 is 1.09 bits per heavy atom. The second-order valence-corrected chi connectivity index (χ2v) is 6.30. The van der Waals surface area contributed by atoms with Crippen molar-refractivity contribution in [3.63, 3.8) is 0 Å². The fourth-order valence-electron chi connectivity index (χ4n) is 3.07. The molecule has 3 rings (SSSR count). The number of hydrogen-bond donors (Lipinski definition) is 1. The number of nitrogens with one attached hydrogen (secondary N) is 1. The monoisotopic (exact) mass is 316 g/mol. The van der Waals surface area contributed by atoms with Crippen LogP contribution in [-0.2, 0) is 9.59 Å². The van der Waals surface area contributed by atoms with Crippen molar-refractivity contribution in [3.8, 4) is 0 Å². The first-order valence-corrected chi connectivity index (χ1v) is 8.23.